The molecule has 1 fully saturated rings. The van der Waals surface area contributed by atoms with E-state index in [4.69, 9.17) is 4.74 Å². The summed E-state index contributed by atoms with van der Waals surface area (Å²) in [6, 6.07) is 5.24. The fourth-order valence-electron chi connectivity index (χ4n) is 2.80. The quantitative estimate of drug-likeness (QED) is 0.732. The summed E-state index contributed by atoms with van der Waals surface area (Å²) in [5.41, 5.74) is 2.20. The van der Waals surface area contributed by atoms with Gasteiger partial charge in [0.2, 0.25) is 0 Å². The second-order valence-electron chi connectivity index (χ2n) is 5.02. The molecule has 5 nitrogen and oxygen atoms in total. The summed E-state index contributed by atoms with van der Waals surface area (Å²) >= 11 is 0. The lowest BCUT2D eigenvalue weighted by Crippen LogP contribution is -2.54. The Bertz CT molecular complexity index is 490. The zero-order valence-electron chi connectivity index (χ0n) is 10.7. The normalized spacial score (nSPS) is 26.3. The topological polar surface area (TPSA) is 70.6 Å². The summed E-state index contributed by atoms with van der Waals surface area (Å²) in [7, 11) is 0. The minimum absolute atomic E-state index is 0.182. The predicted octanol–water partition coefficient (Wildman–Crippen LogP) is 0.699. The zero-order valence-corrected chi connectivity index (χ0v) is 10.7. The van der Waals surface area contributed by atoms with E-state index in [-0.39, 0.29) is 6.04 Å². The Balaban J connectivity index is 1.89. The van der Waals surface area contributed by atoms with Crippen molar-refractivity contribution in [2.75, 3.05) is 19.7 Å². The lowest BCUT2D eigenvalue weighted by atomic mass is 9.94. The van der Waals surface area contributed by atoms with Gasteiger partial charge in [-0.05, 0) is 30.0 Å². The van der Waals surface area contributed by atoms with Crippen molar-refractivity contribution in [2.24, 2.45) is 0 Å². The van der Waals surface area contributed by atoms with Gasteiger partial charge in [0.05, 0.1) is 12.6 Å². The summed E-state index contributed by atoms with van der Waals surface area (Å²) in [5.74, 6) is 0.122. The van der Waals surface area contributed by atoms with Crippen LogP contribution in [0.5, 0.6) is 5.75 Å². The molecule has 3 rings (SSSR count). The van der Waals surface area contributed by atoms with Gasteiger partial charge < -0.3 is 20.5 Å². The number of benzene rings is 1. The molecule has 2 atom stereocenters. The van der Waals surface area contributed by atoms with Gasteiger partial charge in [-0.25, -0.2) is 0 Å². The number of rotatable bonds is 2. The number of carboxylic acid groups (broad SMARTS) is 1. The molecular formula is C14H18N2O3. The Morgan fingerprint density at radius 1 is 1.32 bits per heavy atom. The van der Waals surface area contributed by atoms with Crippen molar-refractivity contribution in [1.82, 2.24) is 10.6 Å². The second-order valence-corrected chi connectivity index (χ2v) is 5.02. The van der Waals surface area contributed by atoms with E-state index in [2.05, 4.69) is 16.7 Å². The molecule has 3 N–H and O–H groups in total. The van der Waals surface area contributed by atoms with Crippen LogP contribution in [0.1, 0.15) is 23.6 Å². The van der Waals surface area contributed by atoms with Gasteiger partial charge >= 0.3 is 5.97 Å². The van der Waals surface area contributed by atoms with Crippen LogP contribution in [-0.2, 0) is 11.2 Å². The van der Waals surface area contributed by atoms with Crippen LogP contribution in [-0.4, -0.2) is 36.8 Å². The number of hydrogen-bond donors (Lipinski definition) is 3. The molecule has 1 aromatic rings. The minimum atomic E-state index is -0.814. The Kier molecular flexibility index (Phi) is 3.40. The number of aryl methyl sites for hydroxylation is 1. The van der Waals surface area contributed by atoms with E-state index in [1.165, 1.54) is 5.56 Å². The average molecular weight is 262 g/mol. The van der Waals surface area contributed by atoms with Crippen molar-refractivity contribution in [3.63, 3.8) is 0 Å². The first kappa shape index (κ1) is 12.4. The molecule has 0 spiro atoms. The maximum atomic E-state index is 11.3. The van der Waals surface area contributed by atoms with E-state index in [9.17, 15) is 9.90 Å². The van der Waals surface area contributed by atoms with Gasteiger partial charge in [-0.15, -0.1) is 0 Å². The van der Waals surface area contributed by atoms with Crippen molar-refractivity contribution in [3.8, 4) is 5.75 Å². The number of hydrogen-bond acceptors (Lipinski definition) is 4. The molecule has 0 radical (unpaired) electrons. The number of fused-ring (bicyclic) bond motifs is 1. The molecular weight excluding hydrogens is 244 g/mol. The van der Waals surface area contributed by atoms with Gasteiger partial charge in [0, 0.05) is 13.1 Å². The van der Waals surface area contributed by atoms with Gasteiger partial charge in [0.15, 0.2) is 0 Å². The summed E-state index contributed by atoms with van der Waals surface area (Å²) < 4.78 is 5.59. The van der Waals surface area contributed by atoms with Crippen LogP contribution in [0.3, 0.4) is 0 Å². The smallest absolute Gasteiger partial charge is 0.322 e. The molecule has 2 aliphatic rings. The number of aliphatic carboxylic acids is 1. The lowest BCUT2D eigenvalue weighted by molar-refractivity contribution is -0.140. The van der Waals surface area contributed by atoms with Crippen LogP contribution < -0.4 is 15.4 Å². The van der Waals surface area contributed by atoms with E-state index in [0.717, 1.165) is 37.3 Å². The first-order chi connectivity index (χ1) is 9.25. The van der Waals surface area contributed by atoms with E-state index in [1.54, 1.807) is 0 Å². The number of carboxylic acids is 1. The third kappa shape index (κ3) is 2.43. The molecule has 0 aliphatic carbocycles. The first-order valence-electron chi connectivity index (χ1n) is 6.71. The summed E-state index contributed by atoms with van der Waals surface area (Å²) in [5, 5.41) is 15.6. The highest BCUT2D eigenvalue weighted by Gasteiger charge is 2.31. The maximum Gasteiger partial charge on any atom is 0.322 e. The molecule has 0 bridgehead atoms. The molecule has 5 heteroatoms. The lowest BCUT2D eigenvalue weighted by Gasteiger charge is -2.32. The van der Waals surface area contributed by atoms with Gasteiger partial charge in [-0.1, -0.05) is 12.1 Å². The fraction of sp³-hybridized carbons (Fsp3) is 0.500. The van der Waals surface area contributed by atoms with Crippen molar-refractivity contribution in [2.45, 2.75) is 24.9 Å². The van der Waals surface area contributed by atoms with Crippen LogP contribution >= 0.6 is 0 Å². The molecule has 0 aromatic heterocycles. The number of nitrogens with one attached hydrogen (secondary N) is 2. The molecule has 102 valence electrons. The highest BCUT2D eigenvalue weighted by Crippen LogP contribution is 2.29. The SMILES string of the molecule is O=C(O)C1NCCNC1c1ccc2c(c1)CCCO2. The first-order valence-corrected chi connectivity index (χ1v) is 6.71. The highest BCUT2D eigenvalue weighted by atomic mass is 16.5. The Hall–Kier alpha value is -1.59. The van der Waals surface area contributed by atoms with Crippen molar-refractivity contribution >= 4 is 5.97 Å². The van der Waals surface area contributed by atoms with Crippen LogP contribution in [0.4, 0.5) is 0 Å². The highest BCUT2D eigenvalue weighted by molar-refractivity contribution is 5.75. The molecule has 19 heavy (non-hydrogen) atoms. The number of piperazine rings is 1. The Morgan fingerprint density at radius 3 is 3.00 bits per heavy atom. The molecule has 0 saturated carbocycles. The van der Waals surface area contributed by atoms with E-state index < -0.39 is 12.0 Å². The van der Waals surface area contributed by atoms with E-state index in [1.807, 2.05) is 12.1 Å². The minimum Gasteiger partial charge on any atom is -0.493 e. The number of ether oxygens (including phenoxy) is 1. The van der Waals surface area contributed by atoms with Crippen LogP contribution in [0.25, 0.3) is 0 Å². The van der Waals surface area contributed by atoms with Crippen molar-refractivity contribution in [1.29, 1.82) is 0 Å². The monoisotopic (exact) mass is 262 g/mol. The van der Waals surface area contributed by atoms with E-state index in [0.29, 0.717) is 6.54 Å². The summed E-state index contributed by atoms with van der Waals surface area (Å²) in [4.78, 5) is 11.3. The maximum absolute atomic E-state index is 11.3. The Labute approximate surface area is 112 Å². The van der Waals surface area contributed by atoms with Crippen molar-refractivity contribution < 1.29 is 14.6 Å². The average Bonchev–Trinajstić information content (AvgIpc) is 2.46. The van der Waals surface area contributed by atoms with Crippen molar-refractivity contribution in [3.05, 3.63) is 29.3 Å². The Morgan fingerprint density at radius 2 is 2.16 bits per heavy atom. The molecule has 1 saturated heterocycles. The van der Waals surface area contributed by atoms with Gasteiger partial charge in [-0.3, -0.25) is 4.79 Å². The van der Waals surface area contributed by atoms with Gasteiger partial charge in [-0.2, -0.15) is 0 Å². The second kappa shape index (κ2) is 5.19. The predicted molar refractivity (Wildman–Crippen MR) is 70.4 cm³/mol. The third-order valence-electron chi connectivity index (χ3n) is 3.74. The summed E-state index contributed by atoms with van der Waals surface area (Å²) in [6.45, 7) is 2.23. The van der Waals surface area contributed by atoms with Crippen LogP contribution in [0, 0.1) is 0 Å². The standard InChI is InChI=1S/C14H18N2O3/c17-14(18)13-12(15-5-6-16-13)10-3-4-11-9(8-10)2-1-7-19-11/h3-4,8,12-13,15-16H,1-2,5-7H2,(H,17,18). The van der Waals surface area contributed by atoms with E-state index >= 15 is 0 Å². The van der Waals surface area contributed by atoms with Crippen LogP contribution in [0.2, 0.25) is 0 Å². The molecule has 2 heterocycles. The molecule has 0 amide bonds. The molecule has 2 unspecified atom stereocenters. The number of carbonyl (C=O) groups is 1. The third-order valence-corrected chi connectivity index (χ3v) is 3.74. The largest absolute Gasteiger partial charge is 0.493 e. The molecule has 1 aromatic carbocycles. The van der Waals surface area contributed by atoms with Crippen LogP contribution in [0.15, 0.2) is 18.2 Å². The zero-order chi connectivity index (χ0) is 13.2. The summed E-state index contributed by atoms with van der Waals surface area (Å²) in [6.07, 6.45) is 2.02. The molecule has 2 aliphatic heterocycles. The van der Waals surface area contributed by atoms with Gasteiger partial charge in [0.25, 0.3) is 0 Å². The fourth-order valence-corrected chi connectivity index (χ4v) is 2.80. The van der Waals surface area contributed by atoms with Gasteiger partial charge in [0.1, 0.15) is 11.8 Å².